The molecule has 1 atom stereocenters. The minimum Gasteiger partial charge on any atom is -0.324 e. The van der Waals surface area contributed by atoms with Crippen LogP contribution in [0.2, 0.25) is 0 Å². The van der Waals surface area contributed by atoms with Gasteiger partial charge in [0.1, 0.15) is 0 Å². The summed E-state index contributed by atoms with van der Waals surface area (Å²) in [5.41, 5.74) is 7.51. The Morgan fingerprint density at radius 3 is 2.35 bits per heavy atom. The third kappa shape index (κ3) is 5.80. The fourth-order valence-electron chi connectivity index (χ4n) is 1.68. The van der Waals surface area contributed by atoms with Gasteiger partial charge in [0.05, 0.1) is 0 Å². The lowest BCUT2D eigenvalue weighted by Gasteiger charge is -2.22. The summed E-state index contributed by atoms with van der Waals surface area (Å²) in [7, 11) is 0. The molecule has 0 aliphatic heterocycles. The first kappa shape index (κ1) is 16.8. The van der Waals surface area contributed by atoms with Crippen molar-refractivity contribution in [2.24, 2.45) is 5.73 Å². The summed E-state index contributed by atoms with van der Waals surface area (Å²) in [5.74, 6) is 0. The Bertz CT molecular complexity index is 333. The zero-order chi connectivity index (χ0) is 12.2. The number of hydrogen-bond donors (Lipinski definition) is 1. The molecule has 0 amide bonds. The SMILES string of the molecule is CCC[C@@H](N)c1ccccc1SC(C)(C)C.Cl. The first-order valence-corrected chi connectivity index (χ1v) is 6.79. The Morgan fingerprint density at radius 2 is 1.82 bits per heavy atom. The van der Waals surface area contributed by atoms with E-state index < -0.39 is 0 Å². The number of halogens is 1. The van der Waals surface area contributed by atoms with Gasteiger partial charge in [-0.25, -0.2) is 0 Å². The molecule has 0 heterocycles. The van der Waals surface area contributed by atoms with E-state index in [4.69, 9.17) is 5.73 Å². The molecule has 17 heavy (non-hydrogen) atoms. The first-order chi connectivity index (χ1) is 7.44. The van der Waals surface area contributed by atoms with Gasteiger partial charge in [0, 0.05) is 15.7 Å². The van der Waals surface area contributed by atoms with E-state index in [-0.39, 0.29) is 23.2 Å². The summed E-state index contributed by atoms with van der Waals surface area (Å²) >= 11 is 1.90. The van der Waals surface area contributed by atoms with Gasteiger partial charge >= 0.3 is 0 Å². The van der Waals surface area contributed by atoms with E-state index in [2.05, 4.69) is 52.0 Å². The van der Waals surface area contributed by atoms with Crippen molar-refractivity contribution >= 4 is 24.2 Å². The van der Waals surface area contributed by atoms with Gasteiger partial charge in [-0.1, -0.05) is 52.3 Å². The predicted molar refractivity (Wildman–Crippen MR) is 81.1 cm³/mol. The molecule has 0 saturated heterocycles. The van der Waals surface area contributed by atoms with Crippen LogP contribution in [-0.2, 0) is 0 Å². The van der Waals surface area contributed by atoms with Gasteiger partial charge in [-0.05, 0) is 18.1 Å². The second kappa shape index (κ2) is 7.30. The van der Waals surface area contributed by atoms with E-state index in [0.717, 1.165) is 12.8 Å². The summed E-state index contributed by atoms with van der Waals surface area (Å²) in [6, 6.07) is 8.69. The molecule has 98 valence electrons. The third-order valence-corrected chi connectivity index (χ3v) is 3.54. The van der Waals surface area contributed by atoms with Crippen LogP contribution in [-0.4, -0.2) is 4.75 Å². The van der Waals surface area contributed by atoms with Gasteiger partial charge in [0.15, 0.2) is 0 Å². The number of benzene rings is 1. The Morgan fingerprint density at radius 1 is 1.24 bits per heavy atom. The average molecular weight is 274 g/mol. The molecule has 0 aliphatic carbocycles. The number of thioether (sulfide) groups is 1. The lowest BCUT2D eigenvalue weighted by molar-refractivity contribution is 0.628. The van der Waals surface area contributed by atoms with E-state index >= 15 is 0 Å². The number of hydrogen-bond acceptors (Lipinski definition) is 2. The Kier molecular flexibility index (Phi) is 7.22. The molecule has 0 saturated carbocycles. The highest BCUT2D eigenvalue weighted by molar-refractivity contribution is 8.00. The van der Waals surface area contributed by atoms with Crippen LogP contribution < -0.4 is 5.73 Å². The second-order valence-corrected chi connectivity index (χ2v) is 7.02. The highest BCUT2D eigenvalue weighted by Gasteiger charge is 2.16. The molecule has 1 nitrogen and oxygen atoms in total. The molecule has 0 aliphatic rings. The fourth-order valence-corrected chi connectivity index (χ4v) is 2.82. The lowest BCUT2D eigenvalue weighted by Crippen LogP contribution is -2.13. The van der Waals surface area contributed by atoms with Crippen LogP contribution in [0.25, 0.3) is 0 Å². The van der Waals surface area contributed by atoms with Crippen LogP contribution in [0.1, 0.15) is 52.1 Å². The smallest absolute Gasteiger partial charge is 0.0305 e. The summed E-state index contributed by atoms with van der Waals surface area (Å²) in [6.45, 7) is 8.89. The van der Waals surface area contributed by atoms with Crippen LogP contribution in [0.4, 0.5) is 0 Å². The summed E-state index contributed by atoms with van der Waals surface area (Å²) < 4.78 is 0.238. The topological polar surface area (TPSA) is 26.0 Å². The Balaban J connectivity index is 0.00000256. The van der Waals surface area contributed by atoms with Crippen molar-refractivity contribution in [3.63, 3.8) is 0 Å². The van der Waals surface area contributed by atoms with Crippen LogP contribution >= 0.6 is 24.2 Å². The molecule has 1 aromatic rings. The Hall–Kier alpha value is -0.180. The van der Waals surface area contributed by atoms with Gasteiger partial charge in [0.25, 0.3) is 0 Å². The minimum atomic E-state index is 0. The van der Waals surface area contributed by atoms with E-state index in [1.807, 2.05) is 11.8 Å². The summed E-state index contributed by atoms with van der Waals surface area (Å²) in [5, 5.41) is 0. The van der Waals surface area contributed by atoms with Crippen LogP contribution in [0, 0.1) is 0 Å². The Labute approximate surface area is 116 Å². The molecule has 0 unspecified atom stereocenters. The van der Waals surface area contributed by atoms with E-state index in [1.165, 1.54) is 10.5 Å². The fraction of sp³-hybridized carbons (Fsp3) is 0.571. The zero-order valence-electron chi connectivity index (χ0n) is 11.2. The summed E-state index contributed by atoms with van der Waals surface area (Å²) in [4.78, 5) is 1.33. The van der Waals surface area contributed by atoms with E-state index in [1.54, 1.807) is 0 Å². The van der Waals surface area contributed by atoms with Crippen LogP contribution in [0.3, 0.4) is 0 Å². The molecule has 0 aromatic heterocycles. The average Bonchev–Trinajstić information content (AvgIpc) is 2.16. The van der Waals surface area contributed by atoms with E-state index in [0.29, 0.717) is 0 Å². The largest absolute Gasteiger partial charge is 0.324 e. The van der Waals surface area contributed by atoms with Gasteiger partial charge in [0.2, 0.25) is 0 Å². The monoisotopic (exact) mass is 273 g/mol. The number of rotatable bonds is 4. The second-order valence-electron chi connectivity index (χ2n) is 5.15. The van der Waals surface area contributed by atoms with Crippen LogP contribution in [0.15, 0.2) is 29.2 Å². The molecule has 1 rings (SSSR count). The molecular formula is C14H24ClNS. The molecule has 0 bridgehead atoms. The van der Waals surface area contributed by atoms with Crippen molar-refractivity contribution in [3.05, 3.63) is 29.8 Å². The highest BCUT2D eigenvalue weighted by atomic mass is 35.5. The van der Waals surface area contributed by atoms with Crippen LogP contribution in [0.5, 0.6) is 0 Å². The van der Waals surface area contributed by atoms with Crippen molar-refractivity contribution in [2.45, 2.75) is 56.2 Å². The maximum absolute atomic E-state index is 6.21. The van der Waals surface area contributed by atoms with Crippen molar-refractivity contribution < 1.29 is 0 Å². The summed E-state index contributed by atoms with van der Waals surface area (Å²) in [6.07, 6.45) is 2.19. The maximum atomic E-state index is 6.21. The van der Waals surface area contributed by atoms with Gasteiger partial charge < -0.3 is 5.73 Å². The normalized spacial score (nSPS) is 13.0. The van der Waals surface area contributed by atoms with Crippen molar-refractivity contribution in [1.29, 1.82) is 0 Å². The molecule has 2 N–H and O–H groups in total. The zero-order valence-corrected chi connectivity index (χ0v) is 12.8. The van der Waals surface area contributed by atoms with Gasteiger partial charge in [-0.2, -0.15) is 0 Å². The van der Waals surface area contributed by atoms with Crippen molar-refractivity contribution in [2.75, 3.05) is 0 Å². The van der Waals surface area contributed by atoms with Crippen molar-refractivity contribution in [3.8, 4) is 0 Å². The third-order valence-electron chi connectivity index (χ3n) is 2.33. The minimum absolute atomic E-state index is 0. The molecule has 3 heteroatoms. The molecule has 0 fully saturated rings. The van der Waals surface area contributed by atoms with Crippen molar-refractivity contribution in [1.82, 2.24) is 0 Å². The lowest BCUT2D eigenvalue weighted by atomic mass is 10.0. The molecule has 0 radical (unpaired) electrons. The standard InChI is InChI=1S/C14H23NS.ClH/c1-5-8-12(15)11-9-6-7-10-13(11)16-14(2,3)4;/h6-7,9-10,12H,5,8,15H2,1-4H3;1H/t12-;/m1./s1. The predicted octanol–water partition coefficient (Wildman–Crippen LogP) is 4.80. The number of nitrogens with two attached hydrogens (primary N) is 1. The van der Waals surface area contributed by atoms with Gasteiger partial charge in [-0.15, -0.1) is 24.2 Å². The molecule has 1 aromatic carbocycles. The van der Waals surface area contributed by atoms with E-state index in [9.17, 15) is 0 Å². The highest BCUT2D eigenvalue weighted by Crippen LogP contribution is 2.36. The maximum Gasteiger partial charge on any atom is 0.0305 e. The first-order valence-electron chi connectivity index (χ1n) is 5.97. The molecule has 0 spiro atoms. The van der Waals surface area contributed by atoms with Gasteiger partial charge in [-0.3, -0.25) is 0 Å². The molecular weight excluding hydrogens is 250 g/mol. The quantitative estimate of drug-likeness (QED) is 0.798.